The SMILES string of the molecule is CCCCCC1CCC2CCCCCCCC(C3CCC(C(C)(C)C)CC3)CC2C1. The quantitative estimate of drug-likeness (QED) is 0.391. The van der Waals surface area contributed by atoms with Gasteiger partial charge in [0.25, 0.3) is 0 Å². The summed E-state index contributed by atoms with van der Waals surface area (Å²) >= 11 is 0. The highest BCUT2D eigenvalue weighted by Gasteiger charge is 2.36. The summed E-state index contributed by atoms with van der Waals surface area (Å²) in [5.41, 5.74) is 0.527. The van der Waals surface area contributed by atoms with Crippen LogP contribution in [0.4, 0.5) is 0 Å². The fourth-order valence-corrected chi connectivity index (χ4v) is 7.77. The summed E-state index contributed by atoms with van der Waals surface area (Å²) in [6.07, 6.45) is 29.1. The predicted molar refractivity (Wildman–Crippen MR) is 134 cm³/mol. The summed E-state index contributed by atoms with van der Waals surface area (Å²) in [4.78, 5) is 0. The molecule has 0 aromatic heterocycles. The summed E-state index contributed by atoms with van der Waals surface area (Å²) in [6, 6.07) is 0. The first-order valence-electron chi connectivity index (χ1n) is 14.5. The maximum atomic E-state index is 2.48. The zero-order chi connectivity index (χ0) is 21.4. The van der Waals surface area contributed by atoms with E-state index in [2.05, 4.69) is 27.7 Å². The highest BCUT2D eigenvalue weighted by atomic mass is 14.4. The van der Waals surface area contributed by atoms with Gasteiger partial charge in [-0.3, -0.25) is 0 Å². The van der Waals surface area contributed by atoms with Crippen LogP contribution in [0.25, 0.3) is 0 Å². The molecule has 3 fully saturated rings. The van der Waals surface area contributed by atoms with Crippen molar-refractivity contribution in [2.45, 2.75) is 150 Å². The van der Waals surface area contributed by atoms with Gasteiger partial charge in [0.05, 0.1) is 0 Å². The van der Waals surface area contributed by atoms with Gasteiger partial charge in [-0.25, -0.2) is 0 Å². The van der Waals surface area contributed by atoms with Crippen LogP contribution in [0.15, 0.2) is 0 Å². The molecule has 0 spiro atoms. The van der Waals surface area contributed by atoms with E-state index in [0.717, 1.165) is 35.5 Å². The number of unbranched alkanes of at least 4 members (excludes halogenated alkanes) is 2. The van der Waals surface area contributed by atoms with E-state index in [-0.39, 0.29) is 0 Å². The van der Waals surface area contributed by atoms with Crippen molar-refractivity contribution in [2.75, 3.05) is 0 Å². The van der Waals surface area contributed by atoms with Gasteiger partial charge >= 0.3 is 0 Å². The fourth-order valence-electron chi connectivity index (χ4n) is 7.77. The Kier molecular flexibility index (Phi) is 10.1. The van der Waals surface area contributed by atoms with Gasteiger partial charge in [-0.05, 0) is 85.9 Å². The van der Waals surface area contributed by atoms with Gasteiger partial charge in [-0.15, -0.1) is 0 Å². The average molecular weight is 417 g/mol. The summed E-state index contributed by atoms with van der Waals surface area (Å²) < 4.78 is 0. The van der Waals surface area contributed by atoms with Gasteiger partial charge in [0.15, 0.2) is 0 Å². The van der Waals surface area contributed by atoms with Gasteiger partial charge in [-0.2, -0.15) is 0 Å². The minimum atomic E-state index is 0.527. The molecule has 176 valence electrons. The lowest BCUT2D eigenvalue weighted by atomic mass is 9.63. The van der Waals surface area contributed by atoms with Gasteiger partial charge < -0.3 is 0 Å². The molecular weight excluding hydrogens is 360 g/mol. The highest BCUT2D eigenvalue weighted by Crippen LogP contribution is 2.48. The largest absolute Gasteiger partial charge is 0.0654 e. The molecule has 4 atom stereocenters. The second-order valence-corrected chi connectivity index (χ2v) is 13.0. The van der Waals surface area contributed by atoms with Crippen LogP contribution in [0.1, 0.15) is 150 Å². The zero-order valence-corrected chi connectivity index (χ0v) is 21.4. The predicted octanol–water partition coefficient (Wildman–Crippen LogP) is 10.2. The Morgan fingerprint density at radius 1 is 0.567 bits per heavy atom. The third kappa shape index (κ3) is 7.55. The van der Waals surface area contributed by atoms with Crippen molar-refractivity contribution in [3.8, 4) is 0 Å². The van der Waals surface area contributed by atoms with E-state index in [4.69, 9.17) is 0 Å². The molecule has 3 rings (SSSR count). The second-order valence-electron chi connectivity index (χ2n) is 13.0. The summed E-state index contributed by atoms with van der Waals surface area (Å²) in [5, 5.41) is 0. The first-order valence-corrected chi connectivity index (χ1v) is 14.5. The van der Waals surface area contributed by atoms with Gasteiger partial charge in [0, 0.05) is 0 Å². The molecule has 0 amide bonds. The molecule has 0 heterocycles. The van der Waals surface area contributed by atoms with Crippen LogP contribution in [-0.4, -0.2) is 0 Å². The van der Waals surface area contributed by atoms with Crippen molar-refractivity contribution in [1.29, 1.82) is 0 Å². The molecule has 0 aromatic carbocycles. The van der Waals surface area contributed by atoms with E-state index in [9.17, 15) is 0 Å². The maximum absolute atomic E-state index is 2.48. The summed E-state index contributed by atoms with van der Waals surface area (Å²) in [5.74, 6) is 6.33. The lowest BCUT2D eigenvalue weighted by molar-refractivity contribution is 0.0818. The summed E-state index contributed by atoms with van der Waals surface area (Å²) in [7, 11) is 0. The maximum Gasteiger partial charge on any atom is -0.0354 e. The summed E-state index contributed by atoms with van der Waals surface area (Å²) in [6.45, 7) is 9.81. The molecule has 0 nitrogen and oxygen atoms in total. The Labute approximate surface area is 190 Å². The molecule has 30 heavy (non-hydrogen) atoms. The van der Waals surface area contributed by atoms with Crippen molar-refractivity contribution in [3.05, 3.63) is 0 Å². The van der Waals surface area contributed by atoms with Crippen molar-refractivity contribution in [3.63, 3.8) is 0 Å². The van der Waals surface area contributed by atoms with E-state index in [1.165, 1.54) is 64.2 Å². The Balaban J connectivity index is 1.61. The lowest BCUT2D eigenvalue weighted by Gasteiger charge is -2.43. The normalized spacial score (nSPS) is 37.2. The molecular formula is C30H56. The Hall–Kier alpha value is 0. The van der Waals surface area contributed by atoms with Crippen molar-refractivity contribution in [2.24, 2.45) is 40.9 Å². The van der Waals surface area contributed by atoms with Crippen LogP contribution in [-0.2, 0) is 0 Å². The number of rotatable bonds is 5. The molecule has 0 radical (unpaired) electrons. The smallest absolute Gasteiger partial charge is 0.0354 e. The third-order valence-corrected chi connectivity index (χ3v) is 9.88. The Morgan fingerprint density at radius 3 is 1.83 bits per heavy atom. The van der Waals surface area contributed by atoms with E-state index >= 15 is 0 Å². The van der Waals surface area contributed by atoms with Gasteiger partial charge in [0.2, 0.25) is 0 Å². The number of hydrogen-bond acceptors (Lipinski definition) is 0. The average Bonchev–Trinajstić information content (AvgIpc) is 2.77. The van der Waals surface area contributed by atoms with E-state index in [0.29, 0.717) is 5.41 Å². The standard InChI is InChI=1S/C30H56/c1-5-6-10-13-24-16-17-25-14-11-8-7-9-12-15-27(23-28(25)22-24)26-18-20-29(21-19-26)30(2,3)4/h24-29H,5-23H2,1-4H3. The van der Waals surface area contributed by atoms with Crippen molar-refractivity contribution >= 4 is 0 Å². The third-order valence-electron chi connectivity index (χ3n) is 9.88. The van der Waals surface area contributed by atoms with E-state index < -0.39 is 0 Å². The molecule has 0 aromatic rings. The molecule has 0 heteroatoms. The molecule has 0 aliphatic heterocycles. The number of hydrogen-bond donors (Lipinski definition) is 0. The minimum absolute atomic E-state index is 0.527. The van der Waals surface area contributed by atoms with E-state index in [1.807, 2.05) is 0 Å². The van der Waals surface area contributed by atoms with E-state index in [1.54, 1.807) is 57.8 Å². The second kappa shape index (κ2) is 12.3. The first kappa shape index (κ1) is 24.6. The van der Waals surface area contributed by atoms with Crippen LogP contribution in [0.5, 0.6) is 0 Å². The van der Waals surface area contributed by atoms with Crippen LogP contribution >= 0.6 is 0 Å². The van der Waals surface area contributed by atoms with Crippen molar-refractivity contribution in [1.82, 2.24) is 0 Å². The van der Waals surface area contributed by atoms with Crippen LogP contribution in [0.2, 0.25) is 0 Å². The molecule has 0 saturated heterocycles. The van der Waals surface area contributed by atoms with Crippen LogP contribution < -0.4 is 0 Å². The van der Waals surface area contributed by atoms with Gasteiger partial charge in [-0.1, -0.05) is 105 Å². The Morgan fingerprint density at radius 2 is 1.17 bits per heavy atom. The van der Waals surface area contributed by atoms with Gasteiger partial charge in [0.1, 0.15) is 0 Å². The molecule has 0 bridgehead atoms. The highest BCUT2D eigenvalue weighted by molar-refractivity contribution is 4.87. The first-order chi connectivity index (χ1) is 14.5. The topological polar surface area (TPSA) is 0 Å². The minimum Gasteiger partial charge on any atom is -0.0654 e. The zero-order valence-electron chi connectivity index (χ0n) is 21.4. The van der Waals surface area contributed by atoms with Crippen molar-refractivity contribution < 1.29 is 0 Å². The molecule has 0 N–H and O–H groups in total. The molecule has 3 aliphatic rings. The Bertz CT molecular complexity index is 449. The molecule has 3 aliphatic carbocycles. The van der Waals surface area contributed by atoms with Crippen LogP contribution in [0.3, 0.4) is 0 Å². The van der Waals surface area contributed by atoms with Crippen LogP contribution in [0, 0.1) is 40.9 Å². The molecule has 3 saturated carbocycles. The number of fused-ring (bicyclic) bond motifs is 1. The lowest BCUT2D eigenvalue weighted by Crippen LogP contribution is -2.32. The molecule has 4 unspecified atom stereocenters. The monoisotopic (exact) mass is 416 g/mol. The fraction of sp³-hybridized carbons (Fsp3) is 1.00.